The summed E-state index contributed by atoms with van der Waals surface area (Å²) in [4.78, 5) is 15.0. The third-order valence-electron chi connectivity index (χ3n) is 3.53. The molecule has 19 heavy (non-hydrogen) atoms. The summed E-state index contributed by atoms with van der Waals surface area (Å²) in [7, 11) is 0. The van der Waals surface area contributed by atoms with Crippen molar-refractivity contribution in [2.75, 3.05) is 0 Å². The molecule has 0 aliphatic heterocycles. The molecule has 0 atom stereocenters. The number of aromatic nitrogens is 1. The smallest absolute Gasteiger partial charge is 0.315 e. The highest BCUT2D eigenvalue weighted by atomic mass is 16.2. The van der Waals surface area contributed by atoms with Crippen LogP contribution in [0.3, 0.4) is 0 Å². The van der Waals surface area contributed by atoms with E-state index in [1.54, 1.807) is 0 Å². The molecule has 0 saturated heterocycles. The Balaban J connectivity index is 1.58. The van der Waals surface area contributed by atoms with E-state index in [4.69, 9.17) is 0 Å². The van der Waals surface area contributed by atoms with E-state index in [1.807, 2.05) is 36.5 Å². The van der Waals surface area contributed by atoms with Gasteiger partial charge in [-0.2, -0.15) is 0 Å². The Kier molecular flexibility index (Phi) is 2.99. The van der Waals surface area contributed by atoms with Gasteiger partial charge in [-0.25, -0.2) is 4.79 Å². The molecule has 1 fully saturated rings. The molecular formula is C15H17N3O. The molecule has 0 bridgehead atoms. The van der Waals surface area contributed by atoms with Crippen LogP contribution in [0, 0.1) is 0 Å². The topological polar surface area (TPSA) is 56.9 Å². The molecule has 4 heteroatoms. The monoisotopic (exact) mass is 255 g/mol. The Morgan fingerprint density at radius 3 is 2.58 bits per heavy atom. The third-order valence-corrected chi connectivity index (χ3v) is 3.53. The van der Waals surface area contributed by atoms with Crippen LogP contribution in [0.1, 0.15) is 24.1 Å². The molecule has 0 spiro atoms. The molecule has 1 aromatic heterocycles. The van der Waals surface area contributed by atoms with Gasteiger partial charge in [0.1, 0.15) is 0 Å². The van der Waals surface area contributed by atoms with Gasteiger partial charge in [0.15, 0.2) is 0 Å². The Labute approximate surface area is 112 Å². The van der Waals surface area contributed by atoms with Gasteiger partial charge >= 0.3 is 6.03 Å². The van der Waals surface area contributed by atoms with Gasteiger partial charge < -0.3 is 15.6 Å². The fourth-order valence-corrected chi connectivity index (χ4v) is 2.28. The zero-order valence-corrected chi connectivity index (χ0v) is 10.6. The number of hydrogen-bond donors (Lipinski definition) is 3. The predicted octanol–water partition coefficient (Wildman–Crippen LogP) is 2.50. The zero-order valence-electron chi connectivity index (χ0n) is 10.6. The molecule has 98 valence electrons. The number of H-pyrrole nitrogens is 1. The van der Waals surface area contributed by atoms with Crippen molar-refractivity contribution < 1.29 is 4.79 Å². The van der Waals surface area contributed by atoms with Gasteiger partial charge in [0, 0.05) is 11.9 Å². The number of amides is 2. The van der Waals surface area contributed by atoms with E-state index in [1.165, 1.54) is 5.56 Å². The Morgan fingerprint density at radius 2 is 1.95 bits per heavy atom. The average Bonchev–Trinajstić information content (AvgIpc) is 3.03. The van der Waals surface area contributed by atoms with E-state index in [0.29, 0.717) is 6.54 Å². The second kappa shape index (κ2) is 4.80. The second-order valence-corrected chi connectivity index (χ2v) is 4.95. The molecule has 3 N–H and O–H groups in total. The minimum atomic E-state index is -0.152. The Bertz CT molecular complexity index is 544. The van der Waals surface area contributed by atoms with E-state index in [9.17, 15) is 4.79 Å². The van der Waals surface area contributed by atoms with E-state index in [-0.39, 0.29) is 11.6 Å². The molecule has 0 radical (unpaired) electrons. The van der Waals surface area contributed by atoms with Crippen molar-refractivity contribution in [3.05, 3.63) is 59.9 Å². The van der Waals surface area contributed by atoms with E-state index >= 15 is 0 Å². The van der Waals surface area contributed by atoms with Gasteiger partial charge in [-0.3, -0.25) is 0 Å². The molecular weight excluding hydrogens is 238 g/mol. The maximum atomic E-state index is 11.9. The van der Waals surface area contributed by atoms with Crippen LogP contribution in [-0.4, -0.2) is 11.0 Å². The fraction of sp³-hybridized carbons (Fsp3) is 0.267. The van der Waals surface area contributed by atoms with Crippen LogP contribution < -0.4 is 10.6 Å². The number of nitrogens with one attached hydrogen (secondary N) is 3. The highest BCUT2D eigenvalue weighted by molar-refractivity contribution is 5.75. The molecule has 1 aliphatic rings. The molecule has 1 saturated carbocycles. The fourth-order valence-electron chi connectivity index (χ4n) is 2.28. The molecule has 0 unspecified atom stereocenters. The van der Waals surface area contributed by atoms with E-state index in [2.05, 4.69) is 27.8 Å². The number of rotatable bonds is 4. The minimum Gasteiger partial charge on any atom is -0.364 e. The number of carbonyl (C=O) groups is 1. The summed E-state index contributed by atoms with van der Waals surface area (Å²) >= 11 is 0. The van der Waals surface area contributed by atoms with Crippen molar-refractivity contribution in [2.24, 2.45) is 0 Å². The lowest BCUT2D eigenvalue weighted by molar-refractivity contribution is 0.235. The van der Waals surface area contributed by atoms with E-state index < -0.39 is 0 Å². The van der Waals surface area contributed by atoms with Gasteiger partial charge in [0.2, 0.25) is 0 Å². The first-order valence-corrected chi connectivity index (χ1v) is 6.52. The number of urea groups is 1. The molecule has 4 nitrogen and oxygen atoms in total. The van der Waals surface area contributed by atoms with Crippen LogP contribution in [0.4, 0.5) is 4.79 Å². The first-order chi connectivity index (χ1) is 9.28. The predicted molar refractivity (Wildman–Crippen MR) is 73.5 cm³/mol. The van der Waals surface area contributed by atoms with Crippen LogP contribution in [0.2, 0.25) is 0 Å². The number of carbonyl (C=O) groups excluding carboxylic acids is 1. The first-order valence-electron chi connectivity index (χ1n) is 6.52. The Hall–Kier alpha value is -2.23. The standard InChI is InChI=1S/C15H17N3O/c19-14(17-11-13-7-4-10-16-13)18-15(8-9-15)12-5-2-1-3-6-12/h1-7,10,16H,8-9,11H2,(H2,17,18,19). The van der Waals surface area contributed by atoms with Crippen molar-refractivity contribution in [1.82, 2.24) is 15.6 Å². The SMILES string of the molecule is O=C(NCc1ccc[nH]1)NC1(c2ccccc2)CC1. The molecule has 2 aromatic rings. The van der Waals surface area contributed by atoms with Crippen molar-refractivity contribution in [3.63, 3.8) is 0 Å². The largest absolute Gasteiger partial charge is 0.364 e. The quantitative estimate of drug-likeness (QED) is 0.772. The van der Waals surface area contributed by atoms with Crippen molar-refractivity contribution in [1.29, 1.82) is 0 Å². The van der Waals surface area contributed by atoms with Gasteiger partial charge in [0.05, 0.1) is 12.1 Å². The van der Waals surface area contributed by atoms with Crippen molar-refractivity contribution in [2.45, 2.75) is 24.9 Å². The number of aromatic amines is 1. The van der Waals surface area contributed by atoms with Crippen molar-refractivity contribution in [3.8, 4) is 0 Å². The lowest BCUT2D eigenvalue weighted by Crippen LogP contribution is -2.41. The number of benzene rings is 1. The first kappa shape index (κ1) is 11.8. The maximum Gasteiger partial charge on any atom is 0.315 e. The summed E-state index contributed by atoms with van der Waals surface area (Å²) in [6.07, 6.45) is 3.86. The molecule has 2 amide bonds. The number of hydrogen-bond acceptors (Lipinski definition) is 1. The normalized spacial score (nSPS) is 15.8. The summed E-state index contributed by atoms with van der Waals surface area (Å²) < 4.78 is 0. The van der Waals surface area contributed by atoms with Crippen LogP contribution in [0.5, 0.6) is 0 Å². The lowest BCUT2D eigenvalue weighted by atomic mass is 10.1. The molecule has 1 aliphatic carbocycles. The molecule has 1 aromatic carbocycles. The molecule has 3 rings (SSSR count). The van der Waals surface area contributed by atoms with Gasteiger partial charge in [-0.05, 0) is 30.5 Å². The summed E-state index contributed by atoms with van der Waals surface area (Å²) in [5.74, 6) is 0. The van der Waals surface area contributed by atoms with Crippen molar-refractivity contribution >= 4 is 6.03 Å². The average molecular weight is 255 g/mol. The summed E-state index contributed by atoms with van der Waals surface area (Å²) in [6, 6.07) is 13.9. The maximum absolute atomic E-state index is 11.9. The highest BCUT2D eigenvalue weighted by Crippen LogP contribution is 2.45. The third kappa shape index (κ3) is 2.62. The molecule has 1 heterocycles. The lowest BCUT2D eigenvalue weighted by Gasteiger charge is -2.18. The summed E-state index contributed by atoms with van der Waals surface area (Å²) in [6.45, 7) is 0.518. The van der Waals surface area contributed by atoms with Crippen LogP contribution >= 0.6 is 0 Å². The zero-order chi connectivity index (χ0) is 13.1. The Morgan fingerprint density at radius 1 is 1.16 bits per heavy atom. The highest BCUT2D eigenvalue weighted by Gasteiger charge is 2.45. The summed E-state index contributed by atoms with van der Waals surface area (Å²) in [5, 5.41) is 5.95. The van der Waals surface area contributed by atoms with Gasteiger partial charge in [0.25, 0.3) is 0 Å². The van der Waals surface area contributed by atoms with E-state index in [0.717, 1.165) is 18.5 Å². The van der Waals surface area contributed by atoms with Crippen LogP contribution in [-0.2, 0) is 12.1 Å². The minimum absolute atomic E-state index is 0.115. The van der Waals surface area contributed by atoms with Gasteiger partial charge in [-0.15, -0.1) is 0 Å². The van der Waals surface area contributed by atoms with Gasteiger partial charge in [-0.1, -0.05) is 30.3 Å². The second-order valence-electron chi connectivity index (χ2n) is 4.95. The summed E-state index contributed by atoms with van der Waals surface area (Å²) in [5.41, 5.74) is 2.03. The van der Waals surface area contributed by atoms with Crippen LogP contribution in [0.15, 0.2) is 48.7 Å². The van der Waals surface area contributed by atoms with Crippen LogP contribution in [0.25, 0.3) is 0 Å².